The highest BCUT2D eigenvalue weighted by molar-refractivity contribution is 5.84. The van der Waals surface area contributed by atoms with Gasteiger partial charge in [0.15, 0.2) is 11.3 Å². The molecule has 4 aliphatic rings. The zero-order valence-corrected chi connectivity index (χ0v) is 19.5. The first-order chi connectivity index (χ1) is 15.7. The third-order valence-electron chi connectivity index (χ3n) is 10.1. The van der Waals surface area contributed by atoms with E-state index >= 15 is 0 Å². The Morgan fingerprint density at radius 3 is 2.42 bits per heavy atom. The summed E-state index contributed by atoms with van der Waals surface area (Å²) in [7, 11) is 0. The predicted octanol–water partition coefficient (Wildman–Crippen LogP) is 4.58. The van der Waals surface area contributed by atoms with Gasteiger partial charge in [0.05, 0.1) is 30.4 Å². The van der Waals surface area contributed by atoms with Gasteiger partial charge in [-0.25, -0.2) is 0 Å². The van der Waals surface area contributed by atoms with E-state index in [0.29, 0.717) is 17.8 Å². The first kappa shape index (κ1) is 23.5. The number of aliphatic hydroxyl groups excluding tert-OH is 1. The average molecular weight is 445 g/mol. The van der Waals surface area contributed by atoms with Crippen molar-refractivity contribution in [2.45, 2.75) is 77.7 Å². The van der Waals surface area contributed by atoms with Crippen molar-refractivity contribution in [2.24, 2.45) is 45.8 Å². The molecule has 0 saturated heterocycles. The molecule has 7 atom stereocenters. The third kappa shape index (κ3) is 3.39. The van der Waals surface area contributed by atoms with Gasteiger partial charge in [-0.1, -0.05) is 25.5 Å². The van der Waals surface area contributed by atoms with Crippen LogP contribution in [-0.4, -0.2) is 17.0 Å². The minimum Gasteiger partial charge on any atom is -0.393 e. The molecule has 0 bridgehead atoms. The zero-order chi connectivity index (χ0) is 24.0. The number of Topliss-reactive ketones (excluding diaryl/α,β-unsaturated/α-hetero) is 1. The van der Waals surface area contributed by atoms with E-state index in [1.165, 1.54) is 5.57 Å². The van der Waals surface area contributed by atoms with Crippen LogP contribution in [0.3, 0.4) is 0 Å². The standard InChI is InChI=1S/C27H32N4O2/c1-25-9-7-19(32)11-17(25)3-4-20-21-5-6-23(26(21,2)10-8-22(20)25)24(33)12-27(15-30,16-31)18(13-28)14-29/h3,18-23,32H,4-12H2,1-2H3. The summed E-state index contributed by atoms with van der Waals surface area (Å²) in [5, 5.41) is 48.1. The largest absolute Gasteiger partial charge is 0.393 e. The maximum Gasteiger partial charge on any atom is 0.179 e. The number of hydrogen-bond acceptors (Lipinski definition) is 6. The van der Waals surface area contributed by atoms with Gasteiger partial charge < -0.3 is 5.11 Å². The number of allylic oxidation sites excluding steroid dienone is 1. The lowest BCUT2D eigenvalue weighted by atomic mass is 9.47. The van der Waals surface area contributed by atoms with Gasteiger partial charge in [-0.3, -0.25) is 4.79 Å². The summed E-state index contributed by atoms with van der Waals surface area (Å²) < 4.78 is 0. The molecule has 0 heterocycles. The van der Waals surface area contributed by atoms with Crippen LogP contribution in [0, 0.1) is 91.2 Å². The second kappa shape index (κ2) is 8.28. The van der Waals surface area contributed by atoms with Crippen molar-refractivity contribution in [3.05, 3.63) is 11.6 Å². The van der Waals surface area contributed by atoms with Crippen molar-refractivity contribution in [3.8, 4) is 24.3 Å². The Hall–Kier alpha value is -2.67. The molecule has 4 aliphatic carbocycles. The molecule has 1 N–H and O–H groups in total. The van der Waals surface area contributed by atoms with Gasteiger partial charge in [-0.2, -0.15) is 21.0 Å². The fourth-order valence-electron chi connectivity index (χ4n) is 8.15. The van der Waals surface area contributed by atoms with Gasteiger partial charge in [0, 0.05) is 12.3 Å². The Morgan fingerprint density at radius 2 is 1.79 bits per heavy atom. The summed E-state index contributed by atoms with van der Waals surface area (Å²) in [6, 6.07) is 7.16. The number of aliphatic hydroxyl groups is 1. The lowest BCUT2D eigenvalue weighted by Crippen LogP contribution is -2.51. The van der Waals surface area contributed by atoms with E-state index in [2.05, 4.69) is 19.9 Å². The first-order valence-corrected chi connectivity index (χ1v) is 12.2. The van der Waals surface area contributed by atoms with Crippen LogP contribution < -0.4 is 0 Å². The Morgan fingerprint density at radius 1 is 1.09 bits per heavy atom. The van der Waals surface area contributed by atoms with Crippen molar-refractivity contribution in [2.75, 3.05) is 0 Å². The van der Waals surface area contributed by atoms with Crippen molar-refractivity contribution in [1.82, 2.24) is 0 Å². The van der Waals surface area contributed by atoms with Crippen molar-refractivity contribution in [1.29, 1.82) is 21.0 Å². The molecule has 0 spiro atoms. The van der Waals surface area contributed by atoms with Crippen LogP contribution in [-0.2, 0) is 4.79 Å². The molecular formula is C27H32N4O2. The maximum atomic E-state index is 13.5. The van der Waals surface area contributed by atoms with E-state index in [-0.39, 0.29) is 35.1 Å². The number of nitriles is 4. The number of nitrogens with zero attached hydrogens (tertiary/aromatic N) is 4. The number of hydrogen-bond donors (Lipinski definition) is 1. The van der Waals surface area contributed by atoms with Crippen molar-refractivity contribution >= 4 is 5.78 Å². The van der Waals surface area contributed by atoms with Crippen LogP contribution >= 0.6 is 0 Å². The number of carbonyl (C=O) groups is 1. The van der Waals surface area contributed by atoms with E-state index in [1.54, 1.807) is 12.1 Å². The van der Waals surface area contributed by atoms with Crippen molar-refractivity contribution in [3.63, 3.8) is 0 Å². The second-order valence-corrected chi connectivity index (χ2v) is 11.4. The lowest BCUT2D eigenvalue weighted by molar-refractivity contribution is -0.131. The molecule has 0 aliphatic heterocycles. The molecule has 3 saturated carbocycles. The molecule has 0 amide bonds. The van der Waals surface area contributed by atoms with Crippen LogP contribution in [0.5, 0.6) is 0 Å². The van der Waals surface area contributed by atoms with E-state index in [4.69, 9.17) is 0 Å². The summed E-state index contributed by atoms with van der Waals surface area (Å²) in [5.41, 5.74) is -0.538. The van der Waals surface area contributed by atoms with Crippen molar-refractivity contribution < 1.29 is 9.90 Å². The summed E-state index contributed by atoms with van der Waals surface area (Å²) >= 11 is 0. The quantitative estimate of drug-likeness (QED) is 0.631. The topological polar surface area (TPSA) is 132 Å². The normalized spacial score (nSPS) is 39.5. The zero-order valence-electron chi connectivity index (χ0n) is 19.5. The van der Waals surface area contributed by atoms with Gasteiger partial charge in [-0.15, -0.1) is 0 Å². The molecule has 3 fully saturated rings. The van der Waals surface area contributed by atoms with Gasteiger partial charge in [-0.05, 0) is 80.0 Å². The van der Waals surface area contributed by atoms with Crippen LogP contribution in [0.1, 0.15) is 71.6 Å². The van der Waals surface area contributed by atoms with E-state index in [1.807, 2.05) is 12.1 Å². The predicted molar refractivity (Wildman–Crippen MR) is 119 cm³/mol. The number of fused-ring (bicyclic) bond motifs is 5. The molecule has 6 nitrogen and oxygen atoms in total. The molecular weight excluding hydrogens is 412 g/mol. The first-order valence-electron chi connectivity index (χ1n) is 12.2. The molecule has 172 valence electrons. The van der Waals surface area contributed by atoms with Gasteiger partial charge in [0.25, 0.3) is 0 Å². The molecule has 0 aromatic carbocycles. The molecule has 0 radical (unpaired) electrons. The molecule has 6 heteroatoms. The molecule has 0 aromatic heterocycles. The summed E-state index contributed by atoms with van der Waals surface area (Å²) in [6.07, 6.45) is 9.12. The summed E-state index contributed by atoms with van der Waals surface area (Å²) in [5.74, 6) is -0.345. The highest BCUT2D eigenvalue weighted by atomic mass is 16.3. The average Bonchev–Trinajstić information content (AvgIpc) is 3.16. The highest BCUT2D eigenvalue weighted by Crippen LogP contribution is 2.66. The van der Waals surface area contributed by atoms with Crippen LogP contribution in [0.25, 0.3) is 0 Å². The Kier molecular flexibility index (Phi) is 5.89. The fourth-order valence-corrected chi connectivity index (χ4v) is 8.15. The number of carbonyl (C=O) groups excluding carboxylic acids is 1. The van der Waals surface area contributed by atoms with Gasteiger partial charge in [0.1, 0.15) is 5.78 Å². The number of ketones is 1. The second-order valence-electron chi connectivity index (χ2n) is 11.4. The fraction of sp³-hybridized carbons (Fsp3) is 0.741. The van der Waals surface area contributed by atoms with Crippen LogP contribution in [0.15, 0.2) is 11.6 Å². The monoisotopic (exact) mass is 444 g/mol. The highest BCUT2D eigenvalue weighted by Gasteiger charge is 2.60. The lowest BCUT2D eigenvalue weighted by Gasteiger charge is -2.58. The van der Waals surface area contributed by atoms with Crippen LogP contribution in [0.2, 0.25) is 0 Å². The maximum absolute atomic E-state index is 13.5. The number of rotatable bonds is 4. The Bertz CT molecular complexity index is 1010. The van der Waals surface area contributed by atoms with E-state index < -0.39 is 11.3 Å². The SMILES string of the molecule is CC12CCC(O)CC1=CCC1C2CCC2(C)C(C(=O)CC(C#N)(C#N)C(C#N)C#N)CCC12. The minimum absolute atomic E-state index is 0.134. The smallest absolute Gasteiger partial charge is 0.179 e. The van der Waals surface area contributed by atoms with Gasteiger partial charge in [0.2, 0.25) is 0 Å². The van der Waals surface area contributed by atoms with E-state index in [9.17, 15) is 30.9 Å². The molecule has 0 aromatic rings. The molecule has 7 unspecified atom stereocenters. The van der Waals surface area contributed by atoms with E-state index in [0.717, 1.165) is 51.4 Å². The van der Waals surface area contributed by atoms with Gasteiger partial charge >= 0.3 is 0 Å². The molecule has 4 rings (SSSR count). The minimum atomic E-state index is -1.91. The molecule has 33 heavy (non-hydrogen) atoms. The summed E-state index contributed by atoms with van der Waals surface area (Å²) in [6.45, 7) is 4.59. The third-order valence-corrected chi connectivity index (χ3v) is 10.1. The van der Waals surface area contributed by atoms with Crippen LogP contribution in [0.4, 0.5) is 0 Å². The Balaban J connectivity index is 1.58. The summed E-state index contributed by atoms with van der Waals surface area (Å²) in [4.78, 5) is 13.5. The Labute approximate surface area is 196 Å².